The average Bonchev–Trinajstić information content (AvgIpc) is 3.65. The summed E-state index contributed by atoms with van der Waals surface area (Å²) in [5.41, 5.74) is 13.5. The highest BCUT2D eigenvalue weighted by atomic mass is 32.2. The maximum absolute atomic E-state index is 5.63. The summed E-state index contributed by atoms with van der Waals surface area (Å²) in [6.45, 7) is 0. The third-order valence-electron chi connectivity index (χ3n) is 10.7. The van der Waals surface area contributed by atoms with Gasteiger partial charge in [0.05, 0.1) is 22.2 Å². The van der Waals surface area contributed by atoms with Crippen LogP contribution in [0.3, 0.4) is 0 Å². The number of benzene rings is 3. The molecule has 0 spiro atoms. The van der Waals surface area contributed by atoms with Crippen LogP contribution in [0.15, 0.2) is 114 Å². The number of hydrogen-bond donors (Lipinski definition) is 0. The van der Waals surface area contributed by atoms with Crippen LogP contribution in [-0.4, -0.2) is 14.5 Å². The van der Waals surface area contributed by atoms with Crippen molar-refractivity contribution in [1.82, 2.24) is 14.5 Å². The van der Waals surface area contributed by atoms with E-state index in [1.54, 1.807) is 5.57 Å². The zero-order chi connectivity index (χ0) is 28.8. The molecule has 0 fully saturated rings. The summed E-state index contributed by atoms with van der Waals surface area (Å²) in [7, 11) is 0. The molecule has 0 saturated heterocycles. The van der Waals surface area contributed by atoms with Gasteiger partial charge in [-0.2, -0.15) is 0 Å². The van der Waals surface area contributed by atoms with E-state index < -0.39 is 0 Å². The third kappa shape index (κ3) is 3.52. The summed E-state index contributed by atoms with van der Waals surface area (Å²) in [5.74, 6) is 2.25. The van der Waals surface area contributed by atoms with Gasteiger partial charge in [0.2, 0.25) is 5.95 Å². The van der Waals surface area contributed by atoms with Crippen molar-refractivity contribution in [3.05, 3.63) is 137 Å². The van der Waals surface area contributed by atoms with Crippen LogP contribution in [-0.2, 0) is 6.42 Å². The molecule has 2 aromatic heterocycles. The van der Waals surface area contributed by atoms with E-state index in [1.807, 2.05) is 11.8 Å². The van der Waals surface area contributed by atoms with Crippen LogP contribution in [0.25, 0.3) is 33.7 Å². The van der Waals surface area contributed by atoms with Crippen molar-refractivity contribution in [2.24, 2.45) is 5.92 Å². The minimum atomic E-state index is 0.297. The number of thioether (sulfide) groups is 1. The van der Waals surface area contributed by atoms with Crippen molar-refractivity contribution in [1.29, 1.82) is 0 Å². The van der Waals surface area contributed by atoms with Gasteiger partial charge in [-0.1, -0.05) is 96.6 Å². The lowest BCUT2D eigenvalue weighted by atomic mass is 9.72. The number of aromatic nitrogens is 3. The van der Waals surface area contributed by atoms with Crippen molar-refractivity contribution < 1.29 is 0 Å². The zero-order valence-electron chi connectivity index (χ0n) is 24.6. The number of rotatable bonds is 2. The smallest absolute Gasteiger partial charge is 0.235 e. The van der Waals surface area contributed by atoms with Crippen LogP contribution in [0.4, 0.5) is 0 Å². The van der Waals surface area contributed by atoms with E-state index in [0.29, 0.717) is 23.0 Å². The Morgan fingerprint density at radius 3 is 2.61 bits per heavy atom. The first-order chi connectivity index (χ1) is 21.8. The fraction of sp³-hybridized carbons (Fsp3) is 0.250. The van der Waals surface area contributed by atoms with Crippen molar-refractivity contribution in [2.45, 2.75) is 60.5 Å². The Kier molecular flexibility index (Phi) is 5.54. The molecule has 3 aromatic carbocycles. The summed E-state index contributed by atoms with van der Waals surface area (Å²) in [6.07, 6.45) is 16.4. The fourth-order valence-electron chi connectivity index (χ4n) is 8.89. The lowest BCUT2D eigenvalue weighted by molar-refractivity contribution is 0.398. The molecule has 5 aliphatic rings. The van der Waals surface area contributed by atoms with Crippen LogP contribution in [0, 0.1) is 5.92 Å². The molecule has 0 bridgehead atoms. The summed E-state index contributed by atoms with van der Waals surface area (Å²) in [6, 6.07) is 29.0. The quantitative estimate of drug-likeness (QED) is 0.193. The zero-order valence-corrected chi connectivity index (χ0v) is 25.4. The molecule has 0 radical (unpaired) electrons. The van der Waals surface area contributed by atoms with Crippen molar-refractivity contribution in [3.63, 3.8) is 0 Å². The highest BCUT2D eigenvalue weighted by molar-refractivity contribution is 8.00. The summed E-state index contributed by atoms with van der Waals surface area (Å²) in [4.78, 5) is 12.6. The second-order valence-corrected chi connectivity index (χ2v) is 14.1. The lowest BCUT2D eigenvalue weighted by Gasteiger charge is -2.35. The van der Waals surface area contributed by atoms with Crippen LogP contribution in [0.2, 0.25) is 0 Å². The highest BCUT2D eigenvalue weighted by Crippen LogP contribution is 2.64. The minimum absolute atomic E-state index is 0.297. The Morgan fingerprint density at radius 2 is 1.66 bits per heavy atom. The molecule has 4 heteroatoms. The molecule has 214 valence electrons. The normalized spacial score (nSPS) is 24.4. The molecule has 44 heavy (non-hydrogen) atoms. The summed E-state index contributed by atoms with van der Waals surface area (Å²) < 4.78 is 2.47. The van der Waals surface area contributed by atoms with Crippen LogP contribution in [0.5, 0.6) is 0 Å². The predicted octanol–water partition coefficient (Wildman–Crippen LogP) is 10.1. The molecule has 0 N–H and O–H groups in total. The molecule has 0 saturated carbocycles. The third-order valence-corrected chi connectivity index (χ3v) is 12.1. The van der Waals surface area contributed by atoms with Gasteiger partial charge in [0.25, 0.3) is 0 Å². The molecular weight excluding hydrogens is 555 g/mol. The van der Waals surface area contributed by atoms with E-state index in [0.717, 1.165) is 37.3 Å². The molecule has 10 rings (SSSR count). The van der Waals surface area contributed by atoms with Gasteiger partial charge in [0.15, 0.2) is 0 Å². The molecular formula is C40H33N3S. The highest BCUT2D eigenvalue weighted by Gasteiger charge is 2.46. The van der Waals surface area contributed by atoms with Gasteiger partial charge in [0.1, 0.15) is 0 Å². The first kappa shape index (κ1) is 25.2. The number of allylic oxidation sites excluding steroid dienone is 6. The van der Waals surface area contributed by atoms with E-state index in [2.05, 4.69) is 108 Å². The second-order valence-electron chi connectivity index (χ2n) is 13.0. The Bertz CT molecular complexity index is 2080. The SMILES string of the molecule is C1=CC2=C(CC1)C1c3ccccc3SC1c1c2c2ccccc2n1-c1nc(-c2ccccc2)c2c(n1)C1CCC=CC1CC2. The maximum Gasteiger partial charge on any atom is 0.235 e. The van der Waals surface area contributed by atoms with Gasteiger partial charge in [-0.25, -0.2) is 9.97 Å². The van der Waals surface area contributed by atoms with Gasteiger partial charge in [-0.05, 0) is 67.7 Å². The lowest BCUT2D eigenvalue weighted by Crippen LogP contribution is -2.25. The van der Waals surface area contributed by atoms with Gasteiger partial charge >= 0.3 is 0 Å². The van der Waals surface area contributed by atoms with Gasteiger partial charge in [-0.3, -0.25) is 4.57 Å². The Hall–Kier alpha value is -4.15. The molecule has 1 aliphatic heterocycles. The standard InChI is InChI=1S/C40H33N3S/c1-2-13-25(14-3-1)36-31-23-22-24-12-4-5-15-26(24)37(31)42-40(41-36)43-32-20-10-8-18-29(32)34-27-16-6-7-17-28(27)35-30-19-9-11-21-33(30)44-39(35)38(34)43/h1-4,6,8-14,16,18-21,24,26,35,39H,5,7,15,17,22-23H2. The Morgan fingerprint density at radius 1 is 0.795 bits per heavy atom. The number of nitrogens with zero attached hydrogens (tertiary/aromatic N) is 3. The fourth-order valence-corrected chi connectivity index (χ4v) is 10.4. The van der Waals surface area contributed by atoms with Gasteiger partial charge < -0.3 is 0 Å². The predicted molar refractivity (Wildman–Crippen MR) is 180 cm³/mol. The number of hydrogen-bond acceptors (Lipinski definition) is 3. The molecule has 3 heterocycles. The van der Waals surface area contributed by atoms with Gasteiger partial charge in [-0.15, -0.1) is 11.8 Å². The van der Waals surface area contributed by atoms with E-state index in [9.17, 15) is 0 Å². The van der Waals surface area contributed by atoms with Crippen molar-refractivity contribution in [2.75, 3.05) is 0 Å². The molecule has 4 aliphatic carbocycles. The number of fused-ring (bicyclic) bond motifs is 12. The van der Waals surface area contributed by atoms with Crippen molar-refractivity contribution >= 4 is 28.2 Å². The van der Waals surface area contributed by atoms with Crippen molar-refractivity contribution in [3.8, 4) is 17.2 Å². The maximum atomic E-state index is 5.63. The summed E-state index contributed by atoms with van der Waals surface area (Å²) >= 11 is 2.05. The molecule has 0 amide bonds. The van der Waals surface area contributed by atoms with Crippen LogP contribution >= 0.6 is 11.8 Å². The molecule has 3 nitrogen and oxygen atoms in total. The van der Waals surface area contributed by atoms with E-state index in [4.69, 9.17) is 9.97 Å². The second kappa shape index (κ2) is 9.67. The van der Waals surface area contributed by atoms with Crippen LogP contribution in [0.1, 0.15) is 77.3 Å². The largest absolute Gasteiger partial charge is 0.280 e. The Balaban J connectivity index is 1.29. The first-order valence-corrected chi connectivity index (χ1v) is 17.2. The number of para-hydroxylation sites is 1. The first-order valence-electron chi connectivity index (χ1n) is 16.3. The van der Waals surface area contributed by atoms with E-state index in [-0.39, 0.29) is 0 Å². The molecule has 4 unspecified atom stereocenters. The molecule has 4 atom stereocenters. The minimum Gasteiger partial charge on any atom is -0.280 e. The van der Waals surface area contributed by atoms with E-state index in [1.165, 1.54) is 67.9 Å². The van der Waals surface area contributed by atoms with Gasteiger partial charge in [0, 0.05) is 44.5 Å². The monoisotopic (exact) mass is 587 g/mol. The molecule has 5 aromatic rings. The van der Waals surface area contributed by atoms with Crippen LogP contribution < -0.4 is 0 Å². The Labute approximate surface area is 262 Å². The summed E-state index contributed by atoms with van der Waals surface area (Å²) in [5, 5.41) is 1.61. The van der Waals surface area contributed by atoms with E-state index >= 15 is 0 Å². The topological polar surface area (TPSA) is 30.7 Å². The average molecular weight is 588 g/mol.